The van der Waals surface area contributed by atoms with Crippen molar-refractivity contribution >= 4 is 50.0 Å². The van der Waals surface area contributed by atoms with Crippen LogP contribution in [0.1, 0.15) is 5.56 Å². The number of sulfone groups is 1. The van der Waals surface area contributed by atoms with Crippen LogP contribution in [0, 0.1) is 5.82 Å². The van der Waals surface area contributed by atoms with Crippen molar-refractivity contribution in [2.75, 3.05) is 16.4 Å². The van der Waals surface area contributed by atoms with E-state index in [2.05, 4.69) is 4.99 Å². The summed E-state index contributed by atoms with van der Waals surface area (Å²) in [5.74, 6) is -0.985. The lowest BCUT2D eigenvalue weighted by molar-refractivity contribution is -0.117. The molecule has 2 saturated heterocycles. The van der Waals surface area contributed by atoms with E-state index in [1.807, 2.05) is 30.3 Å². The van der Waals surface area contributed by atoms with E-state index < -0.39 is 15.7 Å². The quantitative estimate of drug-likeness (QED) is 0.735. The van der Waals surface area contributed by atoms with Gasteiger partial charge in [0.2, 0.25) is 0 Å². The largest absolute Gasteiger partial charge is 0.315 e. The average Bonchev–Trinajstić information content (AvgIpc) is 3.09. The van der Waals surface area contributed by atoms with Crippen molar-refractivity contribution in [3.05, 3.63) is 64.9 Å². The number of nitrogens with zero attached hydrogens (tertiary/aromatic N) is 2. The maximum atomic E-state index is 14.0. The Hall–Kier alpha value is -1.90. The molecule has 0 spiro atoms. The van der Waals surface area contributed by atoms with E-state index in [4.69, 9.17) is 11.6 Å². The highest BCUT2D eigenvalue weighted by Crippen LogP contribution is 2.41. The molecule has 1 amide bonds. The van der Waals surface area contributed by atoms with Crippen LogP contribution in [-0.4, -0.2) is 42.3 Å². The molecular weight excluding hydrogens is 423 g/mol. The van der Waals surface area contributed by atoms with E-state index in [9.17, 15) is 17.6 Å². The van der Waals surface area contributed by atoms with E-state index in [1.54, 1.807) is 11.0 Å². The number of fused-ring (bicyclic) bond motifs is 1. The molecule has 0 radical (unpaired) electrons. The predicted octanol–water partition coefficient (Wildman–Crippen LogP) is 3.32. The monoisotopic (exact) mass is 438 g/mol. The van der Waals surface area contributed by atoms with Gasteiger partial charge in [0.05, 0.1) is 29.0 Å². The van der Waals surface area contributed by atoms with Crippen LogP contribution in [0.4, 0.5) is 10.1 Å². The molecular formula is C19H16ClFN2O3S2. The molecule has 0 aromatic heterocycles. The summed E-state index contributed by atoms with van der Waals surface area (Å²) in [6.07, 6.45) is 0.140. The number of rotatable bonds is 3. The predicted molar refractivity (Wildman–Crippen MR) is 110 cm³/mol. The zero-order valence-corrected chi connectivity index (χ0v) is 17.0. The van der Waals surface area contributed by atoms with Gasteiger partial charge in [0.15, 0.2) is 15.0 Å². The highest BCUT2D eigenvalue weighted by molar-refractivity contribution is 8.16. The van der Waals surface area contributed by atoms with E-state index in [1.165, 1.54) is 23.9 Å². The Kier molecular flexibility index (Phi) is 5.20. The number of amidine groups is 1. The second kappa shape index (κ2) is 7.50. The third kappa shape index (κ3) is 3.94. The van der Waals surface area contributed by atoms with Crippen molar-refractivity contribution < 1.29 is 17.6 Å². The summed E-state index contributed by atoms with van der Waals surface area (Å²) in [6.45, 7) is 0. The molecule has 2 heterocycles. The fourth-order valence-electron chi connectivity index (χ4n) is 3.42. The average molecular weight is 439 g/mol. The molecule has 2 atom stereocenters. The third-order valence-corrected chi connectivity index (χ3v) is 8.18. The number of aliphatic imine (C=N–C) groups is 1. The Morgan fingerprint density at radius 2 is 1.96 bits per heavy atom. The summed E-state index contributed by atoms with van der Waals surface area (Å²) in [5.41, 5.74) is 1.27. The van der Waals surface area contributed by atoms with Crippen LogP contribution in [0.2, 0.25) is 5.02 Å². The highest BCUT2D eigenvalue weighted by Gasteiger charge is 2.49. The molecule has 2 aliphatic heterocycles. The first kappa shape index (κ1) is 19.4. The van der Waals surface area contributed by atoms with Gasteiger partial charge in [-0.25, -0.2) is 12.8 Å². The number of benzene rings is 2. The lowest BCUT2D eigenvalue weighted by Gasteiger charge is -2.24. The van der Waals surface area contributed by atoms with E-state index in [-0.39, 0.29) is 40.1 Å². The molecule has 5 nitrogen and oxygen atoms in total. The van der Waals surface area contributed by atoms with Gasteiger partial charge in [0.25, 0.3) is 5.91 Å². The standard InChI is InChI=1S/C19H16ClFN2O3S2/c20-14-7-6-13(9-15(14)21)23-16-10-28(25,26)11-17(16)27-19(23)22-18(24)8-12-4-2-1-3-5-12/h1-7,9,16-17H,8,10-11H2/t16-,17-/m0/s1. The van der Waals surface area contributed by atoms with Gasteiger partial charge in [-0.1, -0.05) is 53.7 Å². The van der Waals surface area contributed by atoms with E-state index in [0.717, 1.165) is 5.56 Å². The second-order valence-corrected chi connectivity index (χ2v) is 10.5. The van der Waals surface area contributed by atoms with Crippen LogP contribution in [0.25, 0.3) is 0 Å². The maximum Gasteiger partial charge on any atom is 0.252 e. The van der Waals surface area contributed by atoms with Gasteiger partial charge < -0.3 is 4.90 Å². The third-order valence-electron chi connectivity index (χ3n) is 4.67. The first-order valence-electron chi connectivity index (χ1n) is 8.59. The maximum absolute atomic E-state index is 14.0. The topological polar surface area (TPSA) is 66.8 Å². The van der Waals surface area contributed by atoms with Gasteiger partial charge in [0, 0.05) is 10.9 Å². The van der Waals surface area contributed by atoms with Crippen LogP contribution < -0.4 is 4.90 Å². The molecule has 2 aromatic carbocycles. The molecule has 2 fully saturated rings. The van der Waals surface area contributed by atoms with E-state index >= 15 is 0 Å². The molecule has 2 aromatic rings. The van der Waals surface area contributed by atoms with Crippen LogP contribution in [0.5, 0.6) is 0 Å². The highest BCUT2D eigenvalue weighted by atomic mass is 35.5. The number of amides is 1. The van der Waals surface area contributed by atoms with Crippen molar-refractivity contribution in [2.24, 2.45) is 4.99 Å². The molecule has 0 unspecified atom stereocenters. The van der Waals surface area contributed by atoms with Gasteiger partial charge in [-0.2, -0.15) is 4.99 Å². The Balaban J connectivity index is 1.67. The van der Waals surface area contributed by atoms with Crippen LogP contribution in [-0.2, 0) is 21.1 Å². The molecule has 2 aliphatic rings. The number of thioether (sulfide) groups is 1. The molecule has 0 saturated carbocycles. The Morgan fingerprint density at radius 3 is 2.68 bits per heavy atom. The zero-order valence-electron chi connectivity index (χ0n) is 14.6. The van der Waals surface area contributed by atoms with Crippen LogP contribution in [0.3, 0.4) is 0 Å². The van der Waals surface area contributed by atoms with Crippen molar-refractivity contribution in [3.8, 4) is 0 Å². The number of hydrogen-bond acceptors (Lipinski definition) is 4. The fourth-order valence-corrected chi connectivity index (χ4v) is 7.47. The van der Waals surface area contributed by atoms with Crippen molar-refractivity contribution in [2.45, 2.75) is 17.7 Å². The minimum absolute atomic E-state index is 0.0147. The smallest absolute Gasteiger partial charge is 0.252 e. The van der Waals surface area contributed by atoms with Crippen LogP contribution >= 0.6 is 23.4 Å². The Bertz CT molecular complexity index is 1060. The first-order valence-corrected chi connectivity index (χ1v) is 11.7. The minimum Gasteiger partial charge on any atom is -0.315 e. The number of anilines is 1. The summed E-state index contributed by atoms with van der Waals surface area (Å²) >= 11 is 7.03. The minimum atomic E-state index is -3.19. The number of hydrogen-bond donors (Lipinski definition) is 0. The summed E-state index contributed by atoms with van der Waals surface area (Å²) in [5, 5.41) is 0.129. The van der Waals surface area contributed by atoms with Gasteiger partial charge in [-0.05, 0) is 23.8 Å². The lowest BCUT2D eigenvalue weighted by atomic mass is 10.1. The SMILES string of the molecule is O=C(Cc1ccccc1)N=C1S[C@H]2CS(=O)(=O)C[C@@H]2N1c1ccc(Cl)c(F)c1. The van der Waals surface area contributed by atoms with Crippen molar-refractivity contribution in [3.63, 3.8) is 0 Å². The fraction of sp³-hybridized carbons (Fsp3) is 0.263. The summed E-state index contributed by atoms with van der Waals surface area (Å²) in [4.78, 5) is 18.4. The Morgan fingerprint density at radius 1 is 1.21 bits per heavy atom. The second-order valence-electron chi connectivity index (χ2n) is 6.72. The Labute approximate surface area is 171 Å². The summed E-state index contributed by atoms with van der Waals surface area (Å²) < 4.78 is 38.2. The van der Waals surface area contributed by atoms with Crippen LogP contribution in [0.15, 0.2) is 53.5 Å². The summed E-state index contributed by atoms with van der Waals surface area (Å²) in [7, 11) is -3.19. The van der Waals surface area contributed by atoms with Gasteiger partial charge >= 0.3 is 0 Å². The molecule has 0 N–H and O–H groups in total. The van der Waals surface area contributed by atoms with Gasteiger partial charge in [0.1, 0.15) is 5.82 Å². The lowest BCUT2D eigenvalue weighted by Crippen LogP contribution is -2.37. The van der Waals surface area contributed by atoms with Crippen molar-refractivity contribution in [1.29, 1.82) is 0 Å². The molecule has 28 heavy (non-hydrogen) atoms. The summed E-state index contributed by atoms with van der Waals surface area (Å²) in [6, 6.07) is 13.1. The molecule has 4 rings (SSSR count). The number of halogens is 2. The number of carbonyl (C=O) groups excluding carboxylic acids is 1. The molecule has 9 heteroatoms. The molecule has 0 aliphatic carbocycles. The molecule has 146 valence electrons. The van der Waals surface area contributed by atoms with E-state index in [0.29, 0.717) is 10.9 Å². The van der Waals surface area contributed by atoms with Crippen molar-refractivity contribution in [1.82, 2.24) is 0 Å². The normalized spacial score (nSPS) is 24.5. The zero-order chi connectivity index (χ0) is 19.9. The van der Waals surface area contributed by atoms with Gasteiger partial charge in [-0.15, -0.1) is 0 Å². The van der Waals surface area contributed by atoms with Gasteiger partial charge in [-0.3, -0.25) is 4.79 Å². The number of carbonyl (C=O) groups is 1. The first-order chi connectivity index (χ1) is 13.3. The molecule has 0 bridgehead atoms.